The van der Waals surface area contributed by atoms with Gasteiger partial charge in [0.15, 0.2) is 0 Å². The molecule has 0 saturated heterocycles. The Balaban J connectivity index is 2.85. The van der Waals surface area contributed by atoms with Crippen LogP contribution in [0.3, 0.4) is 0 Å². The van der Waals surface area contributed by atoms with Crippen molar-refractivity contribution < 1.29 is 0 Å². The predicted molar refractivity (Wildman–Crippen MR) is 39.8 cm³/mol. The van der Waals surface area contributed by atoms with E-state index in [0.717, 1.165) is 11.4 Å². The van der Waals surface area contributed by atoms with Crippen molar-refractivity contribution in [1.82, 2.24) is 4.98 Å². The number of nitrogens with one attached hydrogen (secondary N) is 1. The maximum absolute atomic E-state index is 5.79. The lowest BCUT2D eigenvalue weighted by molar-refractivity contribution is 1.00. The molecule has 1 nitrogen and oxygen atoms in total. The van der Waals surface area contributed by atoms with E-state index in [1.807, 2.05) is 26.0 Å². The number of hydrogen-bond acceptors (Lipinski definition) is 0. The summed E-state index contributed by atoms with van der Waals surface area (Å²) in [5, 5.41) is 0.0960. The fourth-order valence-electron chi connectivity index (χ4n) is 0.758. The SMILES string of the molecule is Cc1ccc(C(C)Cl)[nH]1. The van der Waals surface area contributed by atoms with E-state index in [2.05, 4.69) is 4.98 Å². The Morgan fingerprint density at radius 2 is 2.22 bits per heavy atom. The van der Waals surface area contributed by atoms with E-state index < -0.39 is 0 Å². The van der Waals surface area contributed by atoms with Crippen molar-refractivity contribution in [3.8, 4) is 0 Å². The standard InChI is InChI=1S/C7H10ClN/c1-5-3-4-7(9-5)6(2)8/h3-4,6,9H,1-2H3. The quantitative estimate of drug-likeness (QED) is 0.582. The van der Waals surface area contributed by atoms with Crippen LogP contribution >= 0.6 is 11.6 Å². The minimum Gasteiger partial charge on any atom is -0.361 e. The van der Waals surface area contributed by atoms with Crippen molar-refractivity contribution in [3.05, 3.63) is 23.5 Å². The number of H-pyrrole nitrogens is 1. The van der Waals surface area contributed by atoms with E-state index in [0.29, 0.717) is 0 Å². The van der Waals surface area contributed by atoms with Crippen LogP contribution in [0.4, 0.5) is 0 Å². The molecule has 1 rings (SSSR count). The number of hydrogen-bond donors (Lipinski definition) is 1. The molecule has 0 aliphatic rings. The largest absolute Gasteiger partial charge is 0.361 e. The van der Waals surface area contributed by atoms with Crippen molar-refractivity contribution >= 4 is 11.6 Å². The van der Waals surface area contributed by atoms with E-state index in [1.54, 1.807) is 0 Å². The van der Waals surface area contributed by atoms with Gasteiger partial charge in [0, 0.05) is 11.4 Å². The average Bonchev–Trinajstić information content (AvgIpc) is 2.14. The third-order valence-electron chi connectivity index (χ3n) is 1.28. The monoisotopic (exact) mass is 143 g/mol. The van der Waals surface area contributed by atoms with Gasteiger partial charge in [-0.1, -0.05) is 0 Å². The van der Waals surface area contributed by atoms with Crippen LogP contribution in [0.5, 0.6) is 0 Å². The normalized spacial score (nSPS) is 13.7. The lowest BCUT2D eigenvalue weighted by atomic mass is 10.3. The van der Waals surface area contributed by atoms with Crippen LogP contribution in [0.1, 0.15) is 23.7 Å². The first-order valence-electron chi connectivity index (χ1n) is 2.99. The van der Waals surface area contributed by atoms with E-state index in [-0.39, 0.29) is 5.38 Å². The number of aromatic nitrogens is 1. The molecule has 1 atom stereocenters. The summed E-state index contributed by atoms with van der Waals surface area (Å²) in [4.78, 5) is 3.14. The van der Waals surface area contributed by atoms with Gasteiger partial charge in [-0.05, 0) is 26.0 Å². The summed E-state index contributed by atoms with van der Waals surface area (Å²) in [7, 11) is 0. The maximum Gasteiger partial charge on any atom is 0.0707 e. The van der Waals surface area contributed by atoms with Gasteiger partial charge in [-0.3, -0.25) is 0 Å². The second-order valence-corrected chi connectivity index (χ2v) is 2.87. The molecule has 0 spiro atoms. The first kappa shape index (κ1) is 6.69. The Labute approximate surface area is 60.0 Å². The molecule has 1 aromatic rings. The summed E-state index contributed by atoms with van der Waals surface area (Å²) >= 11 is 5.79. The van der Waals surface area contributed by atoms with Gasteiger partial charge < -0.3 is 4.98 Å². The Kier molecular flexibility index (Phi) is 1.81. The second-order valence-electron chi connectivity index (χ2n) is 2.21. The van der Waals surface area contributed by atoms with Crippen LogP contribution in [0.2, 0.25) is 0 Å². The van der Waals surface area contributed by atoms with Crippen LogP contribution in [-0.2, 0) is 0 Å². The van der Waals surface area contributed by atoms with Gasteiger partial charge >= 0.3 is 0 Å². The highest BCUT2D eigenvalue weighted by Gasteiger charge is 2.00. The Morgan fingerprint density at radius 1 is 1.56 bits per heavy atom. The summed E-state index contributed by atoms with van der Waals surface area (Å²) in [6.45, 7) is 3.97. The average molecular weight is 144 g/mol. The topological polar surface area (TPSA) is 15.8 Å². The van der Waals surface area contributed by atoms with Gasteiger partial charge in [-0.15, -0.1) is 11.6 Å². The van der Waals surface area contributed by atoms with Crippen LogP contribution in [0.15, 0.2) is 12.1 Å². The van der Waals surface area contributed by atoms with Crippen LogP contribution < -0.4 is 0 Å². The molecule has 1 unspecified atom stereocenters. The maximum atomic E-state index is 5.79. The summed E-state index contributed by atoms with van der Waals surface area (Å²) in [6.07, 6.45) is 0. The minimum absolute atomic E-state index is 0.0960. The van der Waals surface area contributed by atoms with Crippen LogP contribution in [-0.4, -0.2) is 4.98 Å². The van der Waals surface area contributed by atoms with E-state index in [9.17, 15) is 0 Å². The smallest absolute Gasteiger partial charge is 0.0707 e. The van der Waals surface area contributed by atoms with E-state index >= 15 is 0 Å². The highest BCUT2D eigenvalue weighted by Crippen LogP contribution is 2.17. The molecule has 0 amide bonds. The van der Waals surface area contributed by atoms with E-state index in [4.69, 9.17) is 11.6 Å². The van der Waals surface area contributed by atoms with Crippen molar-refractivity contribution in [3.63, 3.8) is 0 Å². The molecule has 0 aliphatic carbocycles. The zero-order chi connectivity index (χ0) is 6.85. The number of aryl methyl sites for hydroxylation is 1. The lowest BCUT2D eigenvalue weighted by Gasteiger charge is -1.95. The first-order valence-corrected chi connectivity index (χ1v) is 3.43. The fourth-order valence-corrected chi connectivity index (χ4v) is 0.885. The molecule has 1 heterocycles. The fraction of sp³-hybridized carbons (Fsp3) is 0.429. The molecule has 0 bridgehead atoms. The van der Waals surface area contributed by atoms with Gasteiger partial charge in [0.05, 0.1) is 5.38 Å². The zero-order valence-electron chi connectivity index (χ0n) is 5.61. The number of aromatic amines is 1. The summed E-state index contributed by atoms with van der Waals surface area (Å²) in [6, 6.07) is 4.03. The van der Waals surface area contributed by atoms with Crippen molar-refractivity contribution in [2.45, 2.75) is 19.2 Å². The molecule has 50 valence electrons. The molecule has 2 heteroatoms. The minimum atomic E-state index is 0.0960. The molecule has 0 radical (unpaired) electrons. The molecule has 0 aliphatic heterocycles. The zero-order valence-corrected chi connectivity index (χ0v) is 6.37. The molecular formula is C7H10ClN. The molecule has 0 saturated carbocycles. The third-order valence-corrected chi connectivity index (χ3v) is 1.52. The van der Waals surface area contributed by atoms with Crippen molar-refractivity contribution in [2.24, 2.45) is 0 Å². The first-order chi connectivity index (χ1) is 4.20. The Bertz CT molecular complexity index is 191. The Morgan fingerprint density at radius 3 is 2.44 bits per heavy atom. The highest BCUT2D eigenvalue weighted by molar-refractivity contribution is 6.20. The van der Waals surface area contributed by atoms with Gasteiger partial charge in [-0.25, -0.2) is 0 Å². The van der Waals surface area contributed by atoms with Gasteiger partial charge in [0.2, 0.25) is 0 Å². The van der Waals surface area contributed by atoms with Crippen LogP contribution in [0, 0.1) is 6.92 Å². The lowest BCUT2D eigenvalue weighted by Crippen LogP contribution is -1.82. The molecule has 0 fully saturated rings. The van der Waals surface area contributed by atoms with Crippen LogP contribution in [0.25, 0.3) is 0 Å². The number of rotatable bonds is 1. The van der Waals surface area contributed by atoms with Gasteiger partial charge in [0.1, 0.15) is 0 Å². The second kappa shape index (κ2) is 2.44. The van der Waals surface area contributed by atoms with E-state index in [1.165, 1.54) is 0 Å². The summed E-state index contributed by atoms with van der Waals surface area (Å²) < 4.78 is 0. The summed E-state index contributed by atoms with van der Waals surface area (Å²) in [5.41, 5.74) is 2.26. The number of halogens is 1. The van der Waals surface area contributed by atoms with Crippen molar-refractivity contribution in [1.29, 1.82) is 0 Å². The summed E-state index contributed by atoms with van der Waals surface area (Å²) in [5.74, 6) is 0. The number of alkyl halides is 1. The van der Waals surface area contributed by atoms with Gasteiger partial charge in [-0.2, -0.15) is 0 Å². The Hall–Kier alpha value is -0.430. The third kappa shape index (κ3) is 1.49. The van der Waals surface area contributed by atoms with Gasteiger partial charge in [0.25, 0.3) is 0 Å². The predicted octanol–water partition coefficient (Wildman–Crippen LogP) is 2.62. The molecule has 9 heavy (non-hydrogen) atoms. The molecule has 1 N–H and O–H groups in total. The van der Waals surface area contributed by atoms with Crippen molar-refractivity contribution in [2.75, 3.05) is 0 Å². The highest BCUT2D eigenvalue weighted by atomic mass is 35.5. The molecular weight excluding hydrogens is 134 g/mol. The molecule has 0 aromatic carbocycles. The molecule has 1 aromatic heterocycles.